The number of amides is 2. The Balaban J connectivity index is 1.85. The first-order chi connectivity index (χ1) is 9.61. The van der Waals surface area contributed by atoms with Crippen molar-refractivity contribution >= 4 is 39.1 Å². The molecule has 110 valence electrons. The van der Waals surface area contributed by atoms with Crippen molar-refractivity contribution in [1.82, 2.24) is 9.80 Å². The predicted octanol–water partition coefficient (Wildman–Crippen LogP) is 2.99. The van der Waals surface area contributed by atoms with E-state index in [0.717, 1.165) is 22.2 Å². The Morgan fingerprint density at radius 3 is 2.45 bits per heavy atom. The zero-order chi connectivity index (χ0) is 14.5. The lowest BCUT2D eigenvalue weighted by atomic mass is 10.2. The van der Waals surface area contributed by atoms with E-state index in [2.05, 4.69) is 22.9 Å². The van der Waals surface area contributed by atoms with E-state index in [-0.39, 0.29) is 11.8 Å². The molecule has 0 bridgehead atoms. The van der Waals surface area contributed by atoms with Gasteiger partial charge in [-0.15, -0.1) is 11.3 Å². The average Bonchev–Trinajstić information content (AvgIpc) is 2.90. The van der Waals surface area contributed by atoms with E-state index in [1.165, 1.54) is 11.3 Å². The summed E-state index contributed by atoms with van der Waals surface area (Å²) in [7, 11) is 0. The highest BCUT2D eigenvalue weighted by Crippen LogP contribution is 2.21. The second-order valence-corrected chi connectivity index (χ2v) is 6.73. The van der Waals surface area contributed by atoms with Crippen LogP contribution in [0.4, 0.5) is 0 Å². The Morgan fingerprint density at radius 2 is 1.90 bits per heavy atom. The number of carbonyl (C=O) groups is 2. The summed E-state index contributed by atoms with van der Waals surface area (Å²) < 4.78 is 0.944. The molecule has 0 N–H and O–H groups in total. The van der Waals surface area contributed by atoms with Gasteiger partial charge >= 0.3 is 0 Å². The molecule has 0 spiro atoms. The minimum atomic E-state index is 0.0707. The molecule has 20 heavy (non-hydrogen) atoms. The molecule has 4 nitrogen and oxygen atoms in total. The van der Waals surface area contributed by atoms with Gasteiger partial charge in [0.25, 0.3) is 5.91 Å². The first-order valence-electron chi connectivity index (χ1n) is 6.93. The molecule has 1 fully saturated rings. The van der Waals surface area contributed by atoms with Crippen LogP contribution in [0.2, 0.25) is 0 Å². The molecular weight excluding hydrogens is 340 g/mol. The SMILES string of the molecule is CCCCC(=O)N1CCN(C(=O)c2cc(Br)cs2)CC1. The van der Waals surface area contributed by atoms with Gasteiger partial charge in [0.05, 0.1) is 4.88 Å². The van der Waals surface area contributed by atoms with Crippen LogP contribution in [0.1, 0.15) is 35.9 Å². The van der Waals surface area contributed by atoms with E-state index in [9.17, 15) is 9.59 Å². The molecule has 1 aromatic rings. The van der Waals surface area contributed by atoms with E-state index in [0.29, 0.717) is 32.6 Å². The van der Waals surface area contributed by atoms with Crippen LogP contribution in [-0.4, -0.2) is 47.8 Å². The quantitative estimate of drug-likeness (QED) is 0.829. The zero-order valence-electron chi connectivity index (χ0n) is 11.6. The van der Waals surface area contributed by atoms with Crippen molar-refractivity contribution in [2.75, 3.05) is 26.2 Å². The van der Waals surface area contributed by atoms with Gasteiger partial charge in [-0.25, -0.2) is 0 Å². The predicted molar refractivity (Wildman–Crippen MR) is 84.0 cm³/mol. The molecule has 1 aliphatic heterocycles. The number of nitrogens with zero attached hydrogens (tertiary/aromatic N) is 2. The topological polar surface area (TPSA) is 40.6 Å². The third-order valence-electron chi connectivity index (χ3n) is 3.44. The first-order valence-corrected chi connectivity index (χ1v) is 8.60. The van der Waals surface area contributed by atoms with Crippen molar-refractivity contribution in [3.63, 3.8) is 0 Å². The number of carbonyl (C=O) groups excluding carboxylic acids is 2. The van der Waals surface area contributed by atoms with Crippen LogP contribution in [0.3, 0.4) is 0 Å². The summed E-state index contributed by atoms with van der Waals surface area (Å²) in [6.07, 6.45) is 2.61. The molecule has 2 amide bonds. The van der Waals surface area contributed by atoms with Gasteiger partial charge in [0.1, 0.15) is 0 Å². The van der Waals surface area contributed by atoms with Crippen molar-refractivity contribution in [1.29, 1.82) is 0 Å². The Labute approximate surface area is 131 Å². The molecule has 2 rings (SSSR count). The first kappa shape index (κ1) is 15.5. The van der Waals surface area contributed by atoms with E-state index in [1.807, 2.05) is 21.2 Å². The standard InChI is InChI=1S/C14H19BrN2O2S/c1-2-3-4-13(18)16-5-7-17(8-6-16)14(19)12-9-11(15)10-20-12/h9-10H,2-8H2,1H3. The fourth-order valence-corrected chi connectivity index (χ4v) is 3.62. The monoisotopic (exact) mass is 358 g/mol. The van der Waals surface area contributed by atoms with E-state index in [4.69, 9.17) is 0 Å². The molecule has 1 aromatic heterocycles. The second-order valence-electron chi connectivity index (χ2n) is 4.91. The fraction of sp³-hybridized carbons (Fsp3) is 0.571. The second kappa shape index (κ2) is 7.22. The Kier molecular flexibility index (Phi) is 5.60. The van der Waals surface area contributed by atoms with Gasteiger partial charge < -0.3 is 9.80 Å². The number of rotatable bonds is 4. The van der Waals surface area contributed by atoms with Gasteiger partial charge in [0.2, 0.25) is 5.91 Å². The van der Waals surface area contributed by atoms with Crippen LogP contribution in [0, 0.1) is 0 Å². The van der Waals surface area contributed by atoms with Gasteiger partial charge in [-0.2, -0.15) is 0 Å². The van der Waals surface area contributed by atoms with Crippen LogP contribution in [0.25, 0.3) is 0 Å². The Hall–Kier alpha value is -0.880. The summed E-state index contributed by atoms with van der Waals surface area (Å²) in [4.78, 5) is 28.7. The number of halogens is 1. The van der Waals surface area contributed by atoms with Crippen LogP contribution in [0.5, 0.6) is 0 Å². The lowest BCUT2D eigenvalue weighted by Gasteiger charge is -2.34. The van der Waals surface area contributed by atoms with Gasteiger partial charge in [-0.3, -0.25) is 9.59 Å². The largest absolute Gasteiger partial charge is 0.339 e. The van der Waals surface area contributed by atoms with Gasteiger partial charge in [0, 0.05) is 42.5 Å². The lowest BCUT2D eigenvalue weighted by Crippen LogP contribution is -2.50. The molecule has 6 heteroatoms. The molecule has 0 aromatic carbocycles. The van der Waals surface area contributed by atoms with Crippen LogP contribution >= 0.6 is 27.3 Å². The highest BCUT2D eigenvalue weighted by Gasteiger charge is 2.25. The summed E-state index contributed by atoms with van der Waals surface area (Å²) in [5.74, 6) is 0.291. The normalized spacial score (nSPS) is 15.5. The molecule has 0 aliphatic carbocycles. The summed E-state index contributed by atoms with van der Waals surface area (Å²) in [6, 6.07) is 1.85. The average molecular weight is 359 g/mol. The maximum Gasteiger partial charge on any atom is 0.264 e. The maximum absolute atomic E-state index is 12.3. The van der Waals surface area contributed by atoms with Crippen molar-refractivity contribution < 1.29 is 9.59 Å². The number of hydrogen-bond donors (Lipinski definition) is 0. The van der Waals surface area contributed by atoms with Gasteiger partial charge in [-0.1, -0.05) is 13.3 Å². The minimum Gasteiger partial charge on any atom is -0.339 e. The molecule has 1 saturated heterocycles. The summed E-state index contributed by atoms with van der Waals surface area (Å²) >= 11 is 4.81. The summed E-state index contributed by atoms with van der Waals surface area (Å²) in [5, 5.41) is 1.91. The molecule has 0 atom stereocenters. The van der Waals surface area contributed by atoms with Crippen molar-refractivity contribution in [2.45, 2.75) is 26.2 Å². The molecule has 2 heterocycles. The summed E-state index contributed by atoms with van der Waals surface area (Å²) in [5.41, 5.74) is 0. The van der Waals surface area contributed by atoms with E-state index >= 15 is 0 Å². The maximum atomic E-state index is 12.3. The van der Waals surface area contributed by atoms with Gasteiger partial charge in [-0.05, 0) is 28.4 Å². The third-order valence-corrected chi connectivity index (χ3v) is 5.12. The van der Waals surface area contributed by atoms with Crippen molar-refractivity contribution in [3.05, 3.63) is 20.8 Å². The van der Waals surface area contributed by atoms with Crippen LogP contribution in [-0.2, 0) is 4.79 Å². The number of hydrogen-bond acceptors (Lipinski definition) is 3. The third kappa shape index (κ3) is 3.82. The summed E-state index contributed by atoms with van der Waals surface area (Å²) in [6.45, 7) is 4.66. The Bertz CT molecular complexity index is 481. The Morgan fingerprint density at radius 1 is 1.25 bits per heavy atom. The zero-order valence-corrected chi connectivity index (χ0v) is 14.0. The van der Waals surface area contributed by atoms with E-state index < -0.39 is 0 Å². The smallest absolute Gasteiger partial charge is 0.264 e. The molecule has 0 radical (unpaired) electrons. The van der Waals surface area contributed by atoms with E-state index in [1.54, 1.807) is 0 Å². The minimum absolute atomic E-state index is 0.0707. The molecule has 1 aliphatic rings. The molecular formula is C14H19BrN2O2S. The van der Waals surface area contributed by atoms with Crippen LogP contribution in [0.15, 0.2) is 15.9 Å². The van der Waals surface area contributed by atoms with Crippen molar-refractivity contribution in [2.24, 2.45) is 0 Å². The van der Waals surface area contributed by atoms with Crippen LogP contribution < -0.4 is 0 Å². The van der Waals surface area contributed by atoms with Gasteiger partial charge in [0.15, 0.2) is 0 Å². The highest BCUT2D eigenvalue weighted by molar-refractivity contribution is 9.10. The fourth-order valence-electron chi connectivity index (χ4n) is 2.23. The molecule has 0 saturated carbocycles. The highest BCUT2D eigenvalue weighted by atomic mass is 79.9. The number of unbranched alkanes of at least 4 members (excludes halogenated alkanes) is 1. The van der Waals surface area contributed by atoms with Crippen molar-refractivity contribution in [3.8, 4) is 0 Å². The molecule has 0 unspecified atom stereocenters. The number of thiophene rings is 1. The number of piperazine rings is 1. The lowest BCUT2D eigenvalue weighted by molar-refractivity contribution is -0.132.